The lowest BCUT2D eigenvalue weighted by molar-refractivity contribution is -0.135. The maximum Gasteiger partial charge on any atom is 0.227 e. The highest BCUT2D eigenvalue weighted by Crippen LogP contribution is 2.19. The van der Waals surface area contributed by atoms with Crippen molar-refractivity contribution in [1.82, 2.24) is 15.5 Å². The Bertz CT molecular complexity index is 293. The molecular weight excluding hydrogens is 206 g/mol. The molecule has 2 saturated heterocycles. The molecule has 2 amide bonds. The first-order valence-corrected chi connectivity index (χ1v) is 5.94. The van der Waals surface area contributed by atoms with Crippen LogP contribution in [-0.2, 0) is 9.59 Å². The molecule has 2 unspecified atom stereocenters. The van der Waals surface area contributed by atoms with Gasteiger partial charge in [0.2, 0.25) is 11.8 Å². The van der Waals surface area contributed by atoms with Crippen molar-refractivity contribution < 1.29 is 9.59 Å². The molecule has 0 saturated carbocycles. The fraction of sp³-hybridized carbons (Fsp3) is 0.818. The lowest BCUT2D eigenvalue weighted by Gasteiger charge is -2.24. The van der Waals surface area contributed by atoms with Crippen molar-refractivity contribution in [2.45, 2.75) is 13.3 Å². The fourth-order valence-electron chi connectivity index (χ4n) is 2.36. The summed E-state index contributed by atoms with van der Waals surface area (Å²) in [6, 6.07) is 0. The second-order valence-electron chi connectivity index (χ2n) is 4.67. The molecule has 5 heteroatoms. The van der Waals surface area contributed by atoms with Crippen molar-refractivity contribution in [3.8, 4) is 0 Å². The number of hydrogen-bond donors (Lipinski definition) is 2. The monoisotopic (exact) mass is 225 g/mol. The summed E-state index contributed by atoms with van der Waals surface area (Å²) < 4.78 is 0. The first-order chi connectivity index (χ1) is 7.68. The van der Waals surface area contributed by atoms with E-state index in [-0.39, 0.29) is 17.7 Å². The molecule has 0 bridgehead atoms. The van der Waals surface area contributed by atoms with Crippen molar-refractivity contribution in [2.75, 3.05) is 32.7 Å². The van der Waals surface area contributed by atoms with Gasteiger partial charge in [0.1, 0.15) is 0 Å². The molecule has 2 heterocycles. The van der Waals surface area contributed by atoms with Gasteiger partial charge in [0.05, 0.1) is 5.92 Å². The van der Waals surface area contributed by atoms with E-state index in [0.29, 0.717) is 32.0 Å². The van der Waals surface area contributed by atoms with Gasteiger partial charge in [-0.2, -0.15) is 0 Å². The largest absolute Gasteiger partial charge is 0.354 e. The van der Waals surface area contributed by atoms with Crippen molar-refractivity contribution in [2.24, 2.45) is 11.8 Å². The van der Waals surface area contributed by atoms with Crippen molar-refractivity contribution in [3.05, 3.63) is 0 Å². The smallest absolute Gasteiger partial charge is 0.227 e. The molecule has 2 N–H and O–H groups in total. The van der Waals surface area contributed by atoms with Gasteiger partial charge in [-0.05, 0) is 12.5 Å². The van der Waals surface area contributed by atoms with E-state index in [4.69, 9.17) is 0 Å². The van der Waals surface area contributed by atoms with Crippen LogP contribution in [0, 0.1) is 11.8 Å². The molecule has 0 aliphatic carbocycles. The Morgan fingerprint density at radius 1 is 1.38 bits per heavy atom. The van der Waals surface area contributed by atoms with Crippen LogP contribution in [0.2, 0.25) is 0 Å². The average molecular weight is 225 g/mol. The normalized spacial score (nSPS) is 31.1. The zero-order valence-electron chi connectivity index (χ0n) is 9.66. The summed E-state index contributed by atoms with van der Waals surface area (Å²) in [5, 5.41) is 6.02. The van der Waals surface area contributed by atoms with Crippen molar-refractivity contribution >= 4 is 11.8 Å². The summed E-state index contributed by atoms with van der Waals surface area (Å²) >= 11 is 0. The van der Waals surface area contributed by atoms with Gasteiger partial charge in [-0.1, -0.05) is 6.92 Å². The summed E-state index contributed by atoms with van der Waals surface area (Å²) in [6.45, 7) is 5.59. The number of hydrogen-bond acceptors (Lipinski definition) is 3. The van der Waals surface area contributed by atoms with E-state index < -0.39 is 0 Å². The Balaban J connectivity index is 1.95. The van der Waals surface area contributed by atoms with E-state index in [1.807, 2.05) is 4.90 Å². The van der Waals surface area contributed by atoms with Crippen LogP contribution in [0.15, 0.2) is 0 Å². The highest BCUT2D eigenvalue weighted by molar-refractivity contribution is 5.82. The summed E-state index contributed by atoms with van der Waals surface area (Å²) in [5.41, 5.74) is 0. The zero-order valence-corrected chi connectivity index (χ0v) is 9.66. The van der Waals surface area contributed by atoms with E-state index in [9.17, 15) is 9.59 Å². The van der Waals surface area contributed by atoms with Crippen molar-refractivity contribution in [3.63, 3.8) is 0 Å². The molecule has 16 heavy (non-hydrogen) atoms. The van der Waals surface area contributed by atoms with Crippen LogP contribution in [-0.4, -0.2) is 49.4 Å². The Hall–Kier alpha value is -1.10. The Kier molecular flexibility index (Phi) is 3.43. The van der Waals surface area contributed by atoms with Gasteiger partial charge in [-0.25, -0.2) is 0 Å². The summed E-state index contributed by atoms with van der Waals surface area (Å²) in [5.74, 6) is 0.745. The first kappa shape index (κ1) is 11.4. The van der Waals surface area contributed by atoms with Gasteiger partial charge in [0, 0.05) is 32.6 Å². The van der Waals surface area contributed by atoms with Crippen LogP contribution in [0.3, 0.4) is 0 Å². The lowest BCUT2D eigenvalue weighted by atomic mass is 9.96. The second kappa shape index (κ2) is 4.82. The minimum absolute atomic E-state index is 0.0490. The van der Waals surface area contributed by atoms with Gasteiger partial charge >= 0.3 is 0 Å². The summed E-state index contributed by atoms with van der Waals surface area (Å²) in [6.07, 6.45) is 0.431. The molecule has 2 aliphatic rings. The molecule has 2 rings (SSSR count). The maximum absolute atomic E-state index is 12.2. The Labute approximate surface area is 95.6 Å². The van der Waals surface area contributed by atoms with Gasteiger partial charge in [0.15, 0.2) is 0 Å². The standard InChI is InChI=1S/C11H19N3O2/c1-8-6-12-7-9(8)11(16)14-4-2-10(15)13-3-5-14/h8-9,12H,2-7H2,1H3,(H,13,15). The number of carbonyl (C=O) groups is 2. The highest BCUT2D eigenvalue weighted by Gasteiger charge is 2.33. The third kappa shape index (κ3) is 2.35. The Morgan fingerprint density at radius 3 is 2.88 bits per heavy atom. The lowest BCUT2D eigenvalue weighted by Crippen LogP contribution is -2.40. The van der Waals surface area contributed by atoms with Crippen LogP contribution < -0.4 is 10.6 Å². The van der Waals surface area contributed by atoms with Gasteiger partial charge in [-0.3, -0.25) is 9.59 Å². The van der Waals surface area contributed by atoms with Crippen LogP contribution in [0.1, 0.15) is 13.3 Å². The quantitative estimate of drug-likeness (QED) is 0.613. The van der Waals surface area contributed by atoms with Gasteiger partial charge in [0.25, 0.3) is 0 Å². The van der Waals surface area contributed by atoms with Crippen LogP contribution in [0.25, 0.3) is 0 Å². The fourth-order valence-corrected chi connectivity index (χ4v) is 2.36. The highest BCUT2D eigenvalue weighted by atomic mass is 16.2. The van der Waals surface area contributed by atoms with Gasteiger partial charge in [-0.15, -0.1) is 0 Å². The molecule has 0 spiro atoms. The summed E-state index contributed by atoms with van der Waals surface area (Å²) in [4.78, 5) is 25.2. The molecule has 5 nitrogen and oxygen atoms in total. The minimum atomic E-state index is 0.0490. The molecule has 2 aliphatic heterocycles. The predicted molar refractivity (Wildman–Crippen MR) is 59.7 cm³/mol. The molecule has 2 atom stereocenters. The SMILES string of the molecule is CC1CNCC1C(=O)N1CCNC(=O)CC1. The molecule has 2 fully saturated rings. The number of nitrogens with one attached hydrogen (secondary N) is 2. The third-order valence-electron chi connectivity index (χ3n) is 3.46. The number of carbonyl (C=O) groups excluding carboxylic acids is 2. The van der Waals surface area contributed by atoms with Gasteiger partial charge < -0.3 is 15.5 Å². The van der Waals surface area contributed by atoms with E-state index in [0.717, 1.165) is 13.1 Å². The van der Waals surface area contributed by atoms with Crippen LogP contribution in [0.4, 0.5) is 0 Å². The Morgan fingerprint density at radius 2 is 2.19 bits per heavy atom. The van der Waals surface area contributed by atoms with E-state index >= 15 is 0 Å². The molecule has 0 radical (unpaired) electrons. The van der Waals surface area contributed by atoms with E-state index in [1.54, 1.807) is 0 Å². The second-order valence-corrected chi connectivity index (χ2v) is 4.67. The van der Waals surface area contributed by atoms with Crippen molar-refractivity contribution in [1.29, 1.82) is 0 Å². The van der Waals surface area contributed by atoms with E-state index in [1.165, 1.54) is 0 Å². The minimum Gasteiger partial charge on any atom is -0.354 e. The van der Waals surface area contributed by atoms with E-state index in [2.05, 4.69) is 17.6 Å². The number of amides is 2. The number of rotatable bonds is 1. The zero-order chi connectivity index (χ0) is 11.5. The summed E-state index contributed by atoms with van der Waals surface area (Å²) in [7, 11) is 0. The molecule has 0 aromatic heterocycles. The third-order valence-corrected chi connectivity index (χ3v) is 3.46. The molecule has 0 aromatic rings. The molecular formula is C11H19N3O2. The van der Waals surface area contributed by atoms with Crippen LogP contribution in [0.5, 0.6) is 0 Å². The number of nitrogens with zero attached hydrogens (tertiary/aromatic N) is 1. The molecule has 90 valence electrons. The average Bonchev–Trinajstić information content (AvgIpc) is 2.56. The topological polar surface area (TPSA) is 61.4 Å². The molecule has 0 aromatic carbocycles. The first-order valence-electron chi connectivity index (χ1n) is 5.94. The maximum atomic E-state index is 12.2. The predicted octanol–water partition coefficient (Wildman–Crippen LogP) is -0.810. The van der Waals surface area contributed by atoms with Crippen LogP contribution >= 0.6 is 0 Å².